The molecule has 0 aromatic carbocycles. The fourth-order valence-electron chi connectivity index (χ4n) is 0.824. The van der Waals surface area contributed by atoms with Crippen molar-refractivity contribution in [2.75, 3.05) is 5.75 Å². The molecule has 0 atom stereocenters. The summed E-state index contributed by atoms with van der Waals surface area (Å²) in [7, 11) is 0. The van der Waals surface area contributed by atoms with E-state index in [1.54, 1.807) is 0 Å². The molecule has 0 unspecified atom stereocenters. The smallest absolute Gasteiger partial charge is 0.218 e. The maximum absolute atomic E-state index is 10.5. The van der Waals surface area contributed by atoms with E-state index in [0.717, 1.165) is 5.82 Å². The first-order valence-corrected chi connectivity index (χ1v) is 5.41. The van der Waals surface area contributed by atoms with Crippen molar-refractivity contribution in [2.24, 2.45) is 5.73 Å². The molecule has 3 N–H and O–H groups in total. The van der Waals surface area contributed by atoms with Crippen LogP contribution in [0.3, 0.4) is 0 Å². The number of amides is 1. The lowest BCUT2D eigenvalue weighted by atomic mass is 10.2. The molecule has 0 bridgehead atoms. The Balaban J connectivity index is 2.40. The van der Waals surface area contributed by atoms with Crippen LogP contribution in [-0.4, -0.2) is 26.8 Å². The van der Waals surface area contributed by atoms with Crippen molar-refractivity contribution in [3.05, 3.63) is 5.82 Å². The Hall–Kier alpha value is -1.04. The van der Waals surface area contributed by atoms with Gasteiger partial charge in [0.15, 0.2) is 0 Å². The number of carbonyl (C=O) groups excluding carboxylic acids is 1. The van der Waals surface area contributed by atoms with Gasteiger partial charge in [-0.2, -0.15) is 0 Å². The summed E-state index contributed by atoms with van der Waals surface area (Å²) in [5, 5.41) is 7.53. The van der Waals surface area contributed by atoms with E-state index in [0.29, 0.717) is 23.2 Å². The van der Waals surface area contributed by atoms with E-state index in [4.69, 9.17) is 5.73 Å². The van der Waals surface area contributed by atoms with Crippen LogP contribution in [0.25, 0.3) is 0 Å². The molecule has 0 aliphatic carbocycles. The second-order valence-electron chi connectivity index (χ2n) is 3.22. The molecule has 0 saturated heterocycles. The quantitative estimate of drug-likeness (QED) is 0.713. The lowest BCUT2D eigenvalue weighted by molar-refractivity contribution is -0.117. The monoisotopic (exact) mass is 214 g/mol. The Labute approximate surface area is 86.9 Å². The Morgan fingerprint density at radius 3 is 2.86 bits per heavy atom. The molecular weight excluding hydrogens is 200 g/mol. The molecule has 1 aromatic heterocycles. The molecule has 5 nitrogen and oxygen atoms in total. The second-order valence-corrected chi connectivity index (χ2v) is 4.28. The van der Waals surface area contributed by atoms with Gasteiger partial charge in [0, 0.05) is 18.1 Å². The highest BCUT2D eigenvalue weighted by Gasteiger charge is 2.06. The Morgan fingerprint density at radius 2 is 2.36 bits per heavy atom. The van der Waals surface area contributed by atoms with Gasteiger partial charge in [0.2, 0.25) is 11.1 Å². The fourth-order valence-corrected chi connectivity index (χ4v) is 1.58. The van der Waals surface area contributed by atoms with Gasteiger partial charge in [0.05, 0.1) is 0 Å². The van der Waals surface area contributed by atoms with Gasteiger partial charge >= 0.3 is 0 Å². The van der Waals surface area contributed by atoms with E-state index in [1.165, 1.54) is 11.8 Å². The topological polar surface area (TPSA) is 84.7 Å². The number of thioether (sulfide) groups is 1. The molecule has 0 aliphatic heterocycles. The van der Waals surface area contributed by atoms with Gasteiger partial charge < -0.3 is 5.73 Å². The van der Waals surface area contributed by atoms with Crippen molar-refractivity contribution >= 4 is 17.7 Å². The summed E-state index contributed by atoms with van der Waals surface area (Å²) in [5.41, 5.74) is 5.01. The first kappa shape index (κ1) is 11.0. The highest BCUT2D eigenvalue weighted by molar-refractivity contribution is 7.99. The third kappa shape index (κ3) is 3.37. The Bertz CT molecular complexity index is 310. The van der Waals surface area contributed by atoms with Gasteiger partial charge in [-0.1, -0.05) is 25.6 Å². The van der Waals surface area contributed by atoms with Crippen LogP contribution in [0.1, 0.15) is 32.0 Å². The van der Waals surface area contributed by atoms with Crippen molar-refractivity contribution < 1.29 is 4.79 Å². The van der Waals surface area contributed by atoms with Crippen LogP contribution >= 0.6 is 11.8 Å². The molecule has 14 heavy (non-hydrogen) atoms. The van der Waals surface area contributed by atoms with E-state index < -0.39 is 0 Å². The summed E-state index contributed by atoms with van der Waals surface area (Å²) in [4.78, 5) is 14.7. The van der Waals surface area contributed by atoms with Gasteiger partial charge in [0.1, 0.15) is 5.82 Å². The van der Waals surface area contributed by atoms with Crippen molar-refractivity contribution in [1.82, 2.24) is 15.2 Å². The molecule has 0 saturated carbocycles. The highest BCUT2D eigenvalue weighted by Crippen LogP contribution is 2.16. The maximum Gasteiger partial charge on any atom is 0.218 e. The van der Waals surface area contributed by atoms with Crippen molar-refractivity contribution in [2.45, 2.75) is 31.3 Å². The summed E-state index contributed by atoms with van der Waals surface area (Å²) < 4.78 is 0. The van der Waals surface area contributed by atoms with E-state index >= 15 is 0 Å². The predicted octanol–water partition coefficient (Wildman–Crippen LogP) is 0.896. The van der Waals surface area contributed by atoms with Gasteiger partial charge in [-0.3, -0.25) is 9.89 Å². The number of nitrogens with one attached hydrogen (secondary N) is 1. The molecule has 1 rings (SSSR count). The van der Waals surface area contributed by atoms with Gasteiger partial charge in [-0.05, 0) is 0 Å². The Kier molecular flexibility index (Phi) is 3.94. The molecule has 0 radical (unpaired) electrons. The van der Waals surface area contributed by atoms with Gasteiger partial charge in [-0.25, -0.2) is 4.98 Å². The molecule has 1 aromatic rings. The third-order valence-electron chi connectivity index (χ3n) is 1.61. The zero-order valence-electron chi connectivity index (χ0n) is 8.28. The summed E-state index contributed by atoms with van der Waals surface area (Å²) in [6.07, 6.45) is 0.357. The minimum atomic E-state index is -0.294. The number of primary amides is 1. The van der Waals surface area contributed by atoms with Crippen LogP contribution in [0.15, 0.2) is 5.16 Å². The fraction of sp³-hybridized carbons (Fsp3) is 0.625. The average Bonchev–Trinajstić information content (AvgIpc) is 2.52. The van der Waals surface area contributed by atoms with Crippen LogP contribution in [0, 0.1) is 0 Å². The SMILES string of the molecule is CC(C)c1nc(SCCC(N)=O)n[nH]1. The van der Waals surface area contributed by atoms with Crippen LogP contribution in [0.5, 0.6) is 0 Å². The van der Waals surface area contributed by atoms with Crippen molar-refractivity contribution in [1.29, 1.82) is 0 Å². The molecule has 1 amide bonds. The third-order valence-corrected chi connectivity index (χ3v) is 2.46. The number of hydrogen-bond donors (Lipinski definition) is 2. The molecule has 0 spiro atoms. The normalized spacial score (nSPS) is 10.8. The van der Waals surface area contributed by atoms with Crippen LogP contribution in [0.4, 0.5) is 0 Å². The highest BCUT2D eigenvalue weighted by atomic mass is 32.2. The number of nitrogens with two attached hydrogens (primary N) is 1. The number of rotatable bonds is 5. The summed E-state index contributed by atoms with van der Waals surface area (Å²) in [6.45, 7) is 4.08. The van der Waals surface area contributed by atoms with E-state index in [1.807, 2.05) is 13.8 Å². The van der Waals surface area contributed by atoms with Crippen molar-refractivity contribution in [3.63, 3.8) is 0 Å². The summed E-state index contributed by atoms with van der Waals surface area (Å²) in [6, 6.07) is 0. The zero-order chi connectivity index (χ0) is 10.6. The van der Waals surface area contributed by atoms with Crippen molar-refractivity contribution in [3.8, 4) is 0 Å². The number of aromatic nitrogens is 3. The molecular formula is C8H14N4OS. The first-order chi connectivity index (χ1) is 6.59. The zero-order valence-corrected chi connectivity index (χ0v) is 9.10. The largest absolute Gasteiger partial charge is 0.370 e. The van der Waals surface area contributed by atoms with E-state index in [9.17, 15) is 4.79 Å². The molecule has 0 fully saturated rings. The number of aromatic amines is 1. The minimum Gasteiger partial charge on any atom is -0.370 e. The maximum atomic E-state index is 10.5. The van der Waals surface area contributed by atoms with Crippen LogP contribution in [-0.2, 0) is 4.79 Å². The first-order valence-electron chi connectivity index (χ1n) is 4.43. The van der Waals surface area contributed by atoms with Gasteiger partial charge in [-0.15, -0.1) is 5.10 Å². The minimum absolute atomic E-state index is 0.294. The molecule has 1 heterocycles. The average molecular weight is 214 g/mol. The Morgan fingerprint density at radius 1 is 1.64 bits per heavy atom. The molecule has 0 aliphatic rings. The lowest BCUT2D eigenvalue weighted by Gasteiger charge is -1.95. The number of hydrogen-bond acceptors (Lipinski definition) is 4. The van der Waals surface area contributed by atoms with Crippen LogP contribution < -0.4 is 5.73 Å². The van der Waals surface area contributed by atoms with Gasteiger partial charge in [0.25, 0.3) is 0 Å². The lowest BCUT2D eigenvalue weighted by Crippen LogP contribution is -2.10. The van der Waals surface area contributed by atoms with Crippen LogP contribution in [0.2, 0.25) is 0 Å². The number of carbonyl (C=O) groups is 1. The standard InChI is InChI=1S/C8H14N4OS/c1-5(2)7-10-8(12-11-7)14-4-3-6(9)13/h5H,3-4H2,1-2H3,(H2,9,13)(H,10,11,12). The number of nitrogens with zero attached hydrogens (tertiary/aromatic N) is 2. The number of H-pyrrole nitrogens is 1. The predicted molar refractivity (Wildman–Crippen MR) is 55.0 cm³/mol. The second kappa shape index (κ2) is 4.99. The van der Waals surface area contributed by atoms with E-state index in [-0.39, 0.29) is 5.91 Å². The van der Waals surface area contributed by atoms with E-state index in [2.05, 4.69) is 15.2 Å². The molecule has 6 heteroatoms. The summed E-state index contributed by atoms with van der Waals surface area (Å²) >= 11 is 1.43. The molecule has 78 valence electrons. The summed E-state index contributed by atoms with van der Waals surface area (Å²) in [5.74, 6) is 1.54.